The van der Waals surface area contributed by atoms with E-state index in [9.17, 15) is 14.7 Å². The van der Waals surface area contributed by atoms with Crippen molar-refractivity contribution in [2.75, 3.05) is 6.61 Å². The van der Waals surface area contributed by atoms with Crippen LogP contribution in [0.15, 0.2) is 72.3 Å². The molecule has 10 atom stereocenters. The number of carbonyl (C=O) groups excluding carboxylic acids is 2. The second kappa shape index (κ2) is 11.4. The van der Waals surface area contributed by atoms with E-state index in [1.165, 1.54) is 5.57 Å². The highest BCUT2D eigenvalue weighted by Crippen LogP contribution is 2.75. The maximum atomic E-state index is 14.8. The Bertz CT molecular complexity index is 1560. The van der Waals surface area contributed by atoms with Crippen molar-refractivity contribution in [2.24, 2.45) is 56.2 Å². The number of ketones is 1. The van der Waals surface area contributed by atoms with Gasteiger partial charge >= 0.3 is 5.97 Å². The lowest BCUT2D eigenvalue weighted by Crippen LogP contribution is -2.66. The zero-order chi connectivity index (χ0) is 34.3. The number of carbonyl (C=O) groups is 2. The number of esters is 1. The maximum Gasteiger partial charge on any atom is 0.312 e. The standard InChI is InChI=1S/C44H58O4/c1-29-18-20-41(4)35(42(29,5)28-45)19-21-44(7)37(41)34(46)26-32-33-27-40(3,23-22-39(33,2)24-25-43(32,44)6)38(47)48-36(30-14-10-8-11-15-30)31-16-12-9-13-17-31/h8-17,26,29,33,35-37,45H,18-25,27-28H2,1-7H3/t29-,33-,35+,37+,39+,40-,41-,42+,43+,44+/m0/s1. The van der Waals surface area contributed by atoms with Crippen LogP contribution < -0.4 is 0 Å². The largest absolute Gasteiger partial charge is 0.452 e. The van der Waals surface area contributed by atoms with Crippen LogP contribution in [0.5, 0.6) is 0 Å². The molecule has 0 amide bonds. The highest BCUT2D eigenvalue weighted by atomic mass is 16.5. The summed E-state index contributed by atoms with van der Waals surface area (Å²) in [5.74, 6) is 1.08. The van der Waals surface area contributed by atoms with Crippen LogP contribution in [0, 0.1) is 56.2 Å². The molecule has 0 radical (unpaired) electrons. The number of allylic oxidation sites excluding steroid dienone is 2. The summed E-state index contributed by atoms with van der Waals surface area (Å²) in [6, 6.07) is 20.2. The molecule has 0 aliphatic heterocycles. The van der Waals surface area contributed by atoms with Gasteiger partial charge in [-0.1, -0.05) is 108 Å². The Hall–Kier alpha value is -2.72. The summed E-state index contributed by atoms with van der Waals surface area (Å²) in [7, 11) is 0. The lowest BCUT2D eigenvalue weighted by atomic mass is 9.33. The van der Waals surface area contributed by atoms with Crippen molar-refractivity contribution in [3.8, 4) is 0 Å². The molecular weight excluding hydrogens is 592 g/mol. The van der Waals surface area contributed by atoms with Crippen LogP contribution in [0.25, 0.3) is 0 Å². The van der Waals surface area contributed by atoms with Crippen LogP contribution in [0.4, 0.5) is 0 Å². The summed E-state index contributed by atoms with van der Waals surface area (Å²) in [5, 5.41) is 10.7. The van der Waals surface area contributed by atoms with E-state index in [1.54, 1.807) is 0 Å². The molecular formula is C44H58O4. The van der Waals surface area contributed by atoms with Gasteiger partial charge in [-0.3, -0.25) is 9.59 Å². The number of aliphatic hydroxyl groups excluding tert-OH is 1. The quantitative estimate of drug-likeness (QED) is 0.327. The lowest BCUT2D eigenvalue weighted by molar-refractivity contribution is -0.201. The van der Waals surface area contributed by atoms with Crippen molar-refractivity contribution >= 4 is 11.8 Å². The van der Waals surface area contributed by atoms with Gasteiger partial charge in [0.1, 0.15) is 0 Å². The monoisotopic (exact) mass is 650 g/mol. The molecule has 0 saturated heterocycles. The van der Waals surface area contributed by atoms with Crippen molar-refractivity contribution < 1.29 is 19.4 Å². The first-order valence-corrected chi connectivity index (χ1v) is 18.8. The van der Waals surface area contributed by atoms with Crippen molar-refractivity contribution in [2.45, 2.75) is 112 Å². The Labute approximate surface area is 289 Å². The van der Waals surface area contributed by atoms with Crippen molar-refractivity contribution in [3.05, 3.63) is 83.4 Å². The third kappa shape index (κ3) is 4.70. The molecule has 0 aromatic heterocycles. The minimum Gasteiger partial charge on any atom is -0.452 e. The molecule has 48 heavy (non-hydrogen) atoms. The second-order valence-corrected chi connectivity index (χ2v) is 18.5. The fraction of sp³-hybridized carbons (Fsp3) is 0.636. The van der Waals surface area contributed by atoms with Gasteiger partial charge in [0, 0.05) is 12.5 Å². The molecule has 4 nitrogen and oxygen atoms in total. The van der Waals surface area contributed by atoms with Crippen LogP contribution in [0.1, 0.15) is 123 Å². The first-order valence-electron chi connectivity index (χ1n) is 18.8. The third-order valence-corrected chi connectivity index (χ3v) is 16.1. The van der Waals surface area contributed by atoms with Crippen LogP contribution >= 0.6 is 0 Å². The first kappa shape index (κ1) is 33.8. The minimum absolute atomic E-state index is 0.0438. The van der Waals surface area contributed by atoms with Gasteiger partial charge < -0.3 is 9.84 Å². The van der Waals surface area contributed by atoms with Crippen LogP contribution in [0.3, 0.4) is 0 Å². The van der Waals surface area contributed by atoms with E-state index in [0.717, 1.165) is 62.5 Å². The fourth-order valence-corrected chi connectivity index (χ4v) is 12.5. The molecule has 0 unspecified atom stereocenters. The predicted octanol–water partition coefficient (Wildman–Crippen LogP) is 9.91. The van der Waals surface area contributed by atoms with E-state index in [-0.39, 0.29) is 51.5 Å². The van der Waals surface area contributed by atoms with Gasteiger partial charge in [0.05, 0.1) is 5.41 Å². The number of benzene rings is 2. The lowest BCUT2D eigenvalue weighted by Gasteiger charge is -2.70. The molecule has 0 bridgehead atoms. The zero-order valence-electron chi connectivity index (χ0n) is 30.5. The highest BCUT2D eigenvalue weighted by molar-refractivity contribution is 5.95. The van der Waals surface area contributed by atoms with Gasteiger partial charge in [-0.25, -0.2) is 0 Å². The summed E-state index contributed by atoms with van der Waals surface area (Å²) in [5.41, 5.74) is 2.13. The molecule has 2 aromatic carbocycles. The minimum atomic E-state index is -0.641. The highest BCUT2D eigenvalue weighted by Gasteiger charge is 2.70. The number of aliphatic hydroxyl groups is 1. The van der Waals surface area contributed by atoms with E-state index in [1.807, 2.05) is 60.7 Å². The Morgan fingerprint density at radius 1 is 0.833 bits per heavy atom. The Morgan fingerprint density at radius 2 is 1.44 bits per heavy atom. The molecule has 0 heterocycles. The number of fused-ring (bicyclic) bond motifs is 7. The molecule has 4 fully saturated rings. The Balaban J connectivity index is 1.23. The van der Waals surface area contributed by atoms with E-state index in [4.69, 9.17) is 4.74 Å². The molecule has 4 heteroatoms. The molecule has 0 spiro atoms. The van der Waals surface area contributed by atoms with E-state index in [0.29, 0.717) is 24.0 Å². The van der Waals surface area contributed by atoms with E-state index < -0.39 is 11.5 Å². The van der Waals surface area contributed by atoms with Gasteiger partial charge in [0.25, 0.3) is 0 Å². The van der Waals surface area contributed by atoms with Gasteiger partial charge in [0.15, 0.2) is 11.9 Å². The first-order chi connectivity index (χ1) is 22.7. The van der Waals surface area contributed by atoms with E-state index >= 15 is 0 Å². The summed E-state index contributed by atoms with van der Waals surface area (Å²) >= 11 is 0. The number of rotatable bonds is 5. The van der Waals surface area contributed by atoms with Crippen LogP contribution in [0.2, 0.25) is 0 Å². The van der Waals surface area contributed by atoms with Crippen molar-refractivity contribution in [1.82, 2.24) is 0 Å². The Kier molecular flexibility index (Phi) is 8.02. The topological polar surface area (TPSA) is 63.6 Å². The van der Waals surface area contributed by atoms with Gasteiger partial charge in [-0.05, 0) is 127 Å². The van der Waals surface area contributed by atoms with Gasteiger partial charge in [-0.15, -0.1) is 0 Å². The van der Waals surface area contributed by atoms with Gasteiger partial charge in [-0.2, -0.15) is 0 Å². The predicted molar refractivity (Wildman–Crippen MR) is 191 cm³/mol. The normalized spacial score (nSPS) is 43.7. The summed E-state index contributed by atoms with van der Waals surface area (Å²) in [6.45, 7) is 16.6. The number of hydrogen-bond acceptors (Lipinski definition) is 4. The molecule has 258 valence electrons. The third-order valence-electron chi connectivity index (χ3n) is 16.1. The molecule has 1 N–H and O–H groups in total. The average Bonchev–Trinajstić information content (AvgIpc) is 3.08. The van der Waals surface area contributed by atoms with Crippen LogP contribution in [-0.2, 0) is 14.3 Å². The van der Waals surface area contributed by atoms with Gasteiger partial charge in [0.2, 0.25) is 0 Å². The number of hydrogen-bond donors (Lipinski definition) is 1. The van der Waals surface area contributed by atoms with E-state index in [2.05, 4.69) is 54.5 Å². The maximum absolute atomic E-state index is 14.8. The molecule has 5 aliphatic rings. The Morgan fingerprint density at radius 3 is 2.04 bits per heavy atom. The summed E-state index contributed by atoms with van der Waals surface area (Å²) in [4.78, 5) is 29.2. The molecule has 4 saturated carbocycles. The molecule has 5 aliphatic carbocycles. The fourth-order valence-electron chi connectivity index (χ4n) is 12.5. The average molecular weight is 651 g/mol. The number of ether oxygens (including phenoxy) is 1. The summed E-state index contributed by atoms with van der Waals surface area (Å²) < 4.78 is 6.53. The molecule has 7 rings (SSSR count). The van der Waals surface area contributed by atoms with Crippen LogP contribution in [-0.4, -0.2) is 23.5 Å². The zero-order valence-corrected chi connectivity index (χ0v) is 30.5. The SMILES string of the molecule is C[C@H]1CC[C@@]2(C)[C@@H](CC[C@]3(C)[C@@H]2C(=O)C=C2[C@@H]4C[C@@](C)(C(=O)OC(c5ccccc5)c5ccccc5)CC[C@]4(C)CC[C@]23C)[C@]1(C)CO. The second-order valence-electron chi connectivity index (χ2n) is 18.5. The summed E-state index contributed by atoms with van der Waals surface area (Å²) in [6.07, 6.45) is 10.5. The molecule has 2 aromatic rings. The van der Waals surface area contributed by atoms with Crippen molar-refractivity contribution in [1.29, 1.82) is 0 Å². The van der Waals surface area contributed by atoms with Crippen molar-refractivity contribution in [3.63, 3.8) is 0 Å². The smallest absolute Gasteiger partial charge is 0.312 e.